The molecule has 2 aromatic carbocycles. The predicted molar refractivity (Wildman–Crippen MR) is 150 cm³/mol. The van der Waals surface area contributed by atoms with E-state index in [1.54, 1.807) is 7.11 Å². The van der Waals surface area contributed by atoms with Crippen molar-refractivity contribution < 1.29 is 23.1 Å². The molecule has 2 amide bonds. The molecule has 1 aliphatic carbocycles. The van der Waals surface area contributed by atoms with E-state index in [1.807, 2.05) is 59.5 Å². The number of nitrogens with one attached hydrogen (secondary N) is 1. The lowest BCUT2D eigenvalue weighted by Crippen LogP contribution is -2.43. The Morgan fingerprint density at radius 1 is 1.02 bits per heavy atom. The topological polar surface area (TPSA) is 61.9 Å². The molecule has 2 aliphatic heterocycles. The van der Waals surface area contributed by atoms with Crippen molar-refractivity contribution in [3.63, 3.8) is 0 Å². The summed E-state index contributed by atoms with van der Waals surface area (Å²) in [4.78, 5) is 30.4. The Bertz CT molecular complexity index is 1140. The number of carbonyl (C=O) groups excluding carboxylic acids is 2. The summed E-state index contributed by atoms with van der Waals surface area (Å²) in [6.45, 7) is 4.12. The quantitative estimate of drug-likeness (QED) is 0.440. The number of rotatable bonds is 9. The first-order chi connectivity index (χ1) is 19.2. The number of amides is 2. The van der Waals surface area contributed by atoms with Gasteiger partial charge in [0.15, 0.2) is 0 Å². The van der Waals surface area contributed by atoms with E-state index in [0.29, 0.717) is 13.0 Å². The Kier molecular flexibility index (Phi) is 8.74. The molecule has 8 heteroatoms. The third kappa shape index (κ3) is 7.00. The fourth-order valence-electron chi connectivity index (χ4n) is 6.57. The summed E-state index contributed by atoms with van der Waals surface area (Å²) in [6, 6.07) is 17.7. The number of halogens is 2. The number of piperidine rings is 1. The van der Waals surface area contributed by atoms with Gasteiger partial charge < -0.3 is 19.9 Å². The number of methoxy groups -OCH3 is 1. The molecule has 1 atom stereocenters. The molecule has 0 unspecified atom stereocenters. The van der Waals surface area contributed by atoms with Gasteiger partial charge in [0.1, 0.15) is 5.75 Å². The zero-order valence-corrected chi connectivity index (χ0v) is 23.4. The molecule has 0 bridgehead atoms. The summed E-state index contributed by atoms with van der Waals surface area (Å²) >= 11 is 0. The van der Waals surface area contributed by atoms with Crippen LogP contribution in [-0.4, -0.2) is 60.8 Å². The predicted octanol–water partition coefficient (Wildman–Crippen LogP) is 5.58. The Morgan fingerprint density at radius 2 is 1.70 bits per heavy atom. The highest BCUT2D eigenvalue weighted by Crippen LogP contribution is 2.42. The number of benzene rings is 2. The maximum atomic E-state index is 13.6. The van der Waals surface area contributed by atoms with Gasteiger partial charge in [-0.2, -0.15) is 0 Å². The van der Waals surface area contributed by atoms with Gasteiger partial charge in [0.25, 0.3) is 0 Å². The van der Waals surface area contributed by atoms with Crippen molar-refractivity contribution in [2.24, 2.45) is 11.3 Å². The maximum Gasteiger partial charge on any atom is 0.248 e. The highest BCUT2D eigenvalue weighted by molar-refractivity contribution is 5.80. The molecule has 3 aliphatic rings. The van der Waals surface area contributed by atoms with E-state index >= 15 is 0 Å². The average molecular weight is 554 g/mol. The Labute approximate surface area is 236 Å². The van der Waals surface area contributed by atoms with Gasteiger partial charge in [-0.25, -0.2) is 8.78 Å². The van der Waals surface area contributed by atoms with E-state index in [4.69, 9.17) is 4.74 Å². The van der Waals surface area contributed by atoms with Gasteiger partial charge in [0, 0.05) is 44.8 Å². The lowest BCUT2D eigenvalue weighted by molar-refractivity contribution is -0.130. The number of ether oxygens (including phenoxy) is 1. The minimum absolute atomic E-state index is 0.0378. The monoisotopic (exact) mass is 553 g/mol. The minimum Gasteiger partial charge on any atom is -0.497 e. The number of likely N-dealkylation sites (tertiary alicyclic amines) is 2. The third-order valence-electron chi connectivity index (χ3n) is 9.19. The lowest BCUT2D eigenvalue weighted by Gasteiger charge is -2.39. The van der Waals surface area contributed by atoms with Crippen LogP contribution in [0.5, 0.6) is 5.75 Å². The van der Waals surface area contributed by atoms with Crippen LogP contribution in [0, 0.1) is 11.3 Å². The van der Waals surface area contributed by atoms with E-state index in [1.165, 1.54) is 0 Å². The SMILES string of the molecule is COc1ccc(CN2CC3(CCN(CC[C@H](NC(=O)C4CCC(F)(F)CC4)c4ccccc4)CC3)CC2=O)cc1. The van der Waals surface area contributed by atoms with E-state index in [-0.39, 0.29) is 54.9 Å². The van der Waals surface area contributed by atoms with Crippen molar-refractivity contribution in [3.05, 3.63) is 65.7 Å². The van der Waals surface area contributed by atoms with Gasteiger partial charge in [-0.05, 0) is 73.9 Å². The van der Waals surface area contributed by atoms with Gasteiger partial charge in [0.2, 0.25) is 17.7 Å². The molecule has 0 radical (unpaired) electrons. The maximum absolute atomic E-state index is 13.6. The molecule has 3 fully saturated rings. The molecule has 1 spiro atoms. The summed E-state index contributed by atoms with van der Waals surface area (Å²) in [7, 11) is 1.65. The van der Waals surface area contributed by atoms with Crippen LogP contribution in [0.15, 0.2) is 54.6 Å². The zero-order chi connectivity index (χ0) is 28.2. The Morgan fingerprint density at radius 3 is 2.35 bits per heavy atom. The van der Waals surface area contributed by atoms with E-state index in [0.717, 1.165) is 62.3 Å². The van der Waals surface area contributed by atoms with Crippen molar-refractivity contribution in [2.75, 3.05) is 33.3 Å². The van der Waals surface area contributed by atoms with Crippen molar-refractivity contribution in [3.8, 4) is 5.75 Å². The van der Waals surface area contributed by atoms with Crippen LogP contribution in [0.2, 0.25) is 0 Å². The third-order valence-corrected chi connectivity index (χ3v) is 9.19. The summed E-state index contributed by atoms with van der Waals surface area (Å²) in [5.74, 6) is -2.05. The molecule has 5 rings (SSSR count). The summed E-state index contributed by atoms with van der Waals surface area (Å²) in [5.41, 5.74) is 2.19. The van der Waals surface area contributed by atoms with Crippen LogP contribution >= 0.6 is 0 Å². The molecule has 0 aromatic heterocycles. The number of hydrogen-bond donors (Lipinski definition) is 1. The van der Waals surface area contributed by atoms with Crippen LogP contribution in [0.3, 0.4) is 0 Å². The van der Waals surface area contributed by atoms with E-state index in [2.05, 4.69) is 10.2 Å². The summed E-state index contributed by atoms with van der Waals surface area (Å²) in [6.07, 6.45) is 3.39. The van der Waals surface area contributed by atoms with E-state index in [9.17, 15) is 18.4 Å². The van der Waals surface area contributed by atoms with E-state index < -0.39 is 5.92 Å². The standard InChI is InChI=1S/C32H41F2N3O3/c1-40-27-9-7-24(8-10-27)22-37-23-31(21-29(37)38)16-19-36(20-17-31)18-13-28(25-5-3-2-4-6-25)35-30(39)26-11-14-32(33,34)15-12-26/h2-10,26,28H,11-23H2,1H3,(H,35,39)/t28-/m0/s1. The van der Waals surface area contributed by atoms with Crippen LogP contribution in [0.25, 0.3) is 0 Å². The van der Waals surface area contributed by atoms with Gasteiger partial charge in [0.05, 0.1) is 13.2 Å². The van der Waals surface area contributed by atoms with Crippen LogP contribution in [0.4, 0.5) is 8.78 Å². The molecule has 1 N–H and O–H groups in total. The van der Waals surface area contributed by atoms with Gasteiger partial charge in [-0.1, -0.05) is 42.5 Å². The molecule has 1 saturated carbocycles. The second-order valence-electron chi connectivity index (χ2n) is 12.0. The first kappa shape index (κ1) is 28.5. The molecule has 2 heterocycles. The molecule has 40 heavy (non-hydrogen) atoms. The molecule has 2 aromatic rings. The molecular weight excluding hydrogens is 512 g/mol. The molecule has 6 nitrogen and oxygen atoms in total. The first-order valence-electron chi connectivity index (χ1n) is 14.6. The highest BCUT2D eigenvalue weighted by Gasteiger charge is 2.44. The van der Waals surface area contributed by atoms with Gasteiger partial charge in [-0.15, -0.1) is 0 Å². The van der Waals surface area contributed by atoms with Crippen molar-refractivity contribution in [1.82, 2.24) is 15.1 Å². The van der Waals surface area contributed by atoms with Crippen molar-refractivity contribution in [2.45, 2.75) is 69.9 Å². The second-order valence-corrected chi connectivity index (χ2v) is 12.0. The van der Waals surface area contributed by atoms with Crippen LogP contribution in [-0.2, 0) is 16.1 Å². The second kappa shape index (κ2) is 12.2. The smallest absolute Gasteiger partial charge is 0.248 e. The van der Waals surface area contributed by atoms with Crippen LogP contribution in [0.1, 0.15) is 68.5 Å². The normalized spacial score (nSPS) is 21.9. The van der Waals surface area contributed by atoms with Crippen LogP contribution < -0.4 is 10.1 Å². The lowest BCUT2D eigenvalue weighted by atomic mass is 9.77. The van der Waals surface area contributed by atoms with Gasteiger partial charge in [-0.3, -0.25) is 9.59 Å². The number of nitrogens with zero attached hydrogens (tertiary/aromatic N) is 2. The number of hydrogen-bond acceptors (Lipinski definition) is 4. The molecular formula is C32H41F2N3O3. The zero-order valence-electron chi connectivity index (χ0n) is 23.4. The minimum atomic E-state index is -2.64. The highest BCUT2D eigenvalue weighted by atomic mass is 19.3. The number of carbonyl (C=O) groups is 2. The largest absolute Gasteiger partial charge is 0.497 e. The first-order valence-corrected chi connectivity index (χ1v) is 14.6. The van der Waals surface area contributed by atoms with Crippen molar-refractivity contribution >= 4 is 11.8 Å². The Hall–Kier alpha value is -3.00. The summed E-state index contributed by atoms with van der Waals surface area (Å²) < 4.78 is 32.5. The average Bonchev–Trinajstić information content (AvgIpc) is 3.26. The Balaban J connectivity index is 1.13. The fourth-order valence-corrected chi connectivity index (χ4v) is 6.57. The summed E-state index contributed by atoms with van der Waals surface area (Å²) in [5, 5.41) is 3.19. The number of alkyl halides is 2. The fraction of sp³-hybridized carbons (Fsp3) is 0.562. The van der Waals surface area contributed by atoms with Gasteiger partial charge >= 0.3 is 0 Å². The molecule has 2 saturated heterocycles. The van der Waals surface area contributed by atoms with Crippen molar-refractivity contribution in [1.29, 1.82) is 0 Å². The molecule has 216 valence electrons.